The number of thiol groups is 1. The van der Waals surface area contributed by atoms with Gasteiger partial charge in [0.05, 0.1) is 0 Å². The molecule has 0 atom stereocenters. The average Bonchev–Trinajstić information content (AvgIpc) is 2.48. The zero-order chi connectivity index (χ0) is 15.1. The van der Waals surface area contributed by atoms with Gasteiger partial charge in [-0.15, -0.1) is 12.6 Å². The quantitative estimate of drug-likeness (QED) is 0.586. The van der Waals surface area contributed by atoms with Crippen LogP contribution in [0, 0.1) is 0 Å². The number of hydrogen-bond donors (Lipinski definition) is 3. The molecule has 0 bridgehead atoms. The van der Waals surface area contributed by atoms with E-state index in [2.05, 4.69) is 12.6 Å². The van der Waals surface area contributed by atoms with E-state index in [4.69, 9.17) is 10.2 Å². The molecular weight excluding hydrogens is 256 g/mol. The van der Waals surface area contributed by atoms with Gasteiger partial charge in [-0.3, -0.25) is 0 Å². The highest BCUT2D eigenvalue weighted by molar-refractivity contribution is 7.80. The summed E-state index contributed by atoms with van der Waals surface area (Å²) in [6, 6.07) is 15.6. The Morgan fingerprint density at radius 2 is 1.11 bits per heavy atom. The van der Waals surface area contributed by atoms with Crippen LogP contribution < -0.4 is 0 Å². The van der Waals surface area contributed by atoms with Crippen molar-refractivity contribution >= 4 is 12.6 Å². The number of benzene rings is 2. The molecule has 0 fully saturated rings. The monoisotopic (exact) mass is 280 g/mol. The first-order chi connectivity index (χ1) is 9.20. The van der Waals surface area contributed by atoms with E-state index in [9.17, 15) is 0 Å². The van der Waals surface area contributed by atoms with Crippen molar-refractivity contribution in [3.63, 3.8) is 0 Å². The fraction of sp³-hybridized carbons (Fsp3) is 0.250. The van der Waals surface area contributed by atoms with Crippen LogP contribution in [-0.2, 0) is 0 Å². The fourth-order valence-corrected chi connectivity index (χ4v) is 1.05. The number of hydrogen-bond acceptors (Lipinski definition) is 3. The molecule has 0 spiro atoms. The van der Waals surface area contributed by atoms with Gasteiger partial charge >= 0.3 is 0 Å². The predicted molar refractivity (Wildman–Crippen MR) is 86.2 cm³/mol. The molecule has 0 amide bonds. The minimum Gasteiger partial charge on any atom is -0.508 e. The number of para-hydroxylation sites is 2. The number of phenols is 2. The van der Waals surface area contributed by atoms with Crippen LogP contribution >= 0.6 is 12.6 Å². The second-order valence-corrected chi connectivity index (χ2v) is 3.31. The Labute approximate surface area is 122 Å². The zero-order valence-corrected chi connectivity index (χ0v) is 12.9. The van der Waals surface area contributed by atoms with E-state index in [0.29, 0.717) is 10.6 Å². The van der Waals surface area contributed by atoms with Gasteiger partial charge in [-0.2, -0.15) is 0 Å². The summed E-state index contributed by atoms with van der Waals surface area (Å²) in [5.41, 5.74) is 0. The van der Waals surface area contributed by atoms with Gasteiger partial charge < -0.3 is 10.2 Å². The standard InChI is InChI=1S/C6H6OS.C6H6O.2C2H6/c7-5-3-1-2-4-6(5)8;7-6-4-2-1-3-5-6;2*1-2/h1-4,7-8H;1-5,7H;2*1-2H3. The predicted octanol–water partition coefficient (Wildman–Crippen LogP) is 5.13. The lowest BCUT2D eigenvalue weighted by atomic mass is 10.3. The molecule has 0 radical (unpaired) electrons. The Morgan fingerprint density at radius 3 is 1.37 bits per heavy atom. The lowest BCUT2D eigenvalue weighted by molar-refractivity contribution is 0.462. The van der Waals surface area contributed by atoms with E-state index in [1.54, 1.807) is 42.5 Å². The van der Waals surface area contributed by atoms with E-state index in [-0.39, 0.29) is 5.75 Å². The Hall–Kier alpha value is -1.61. The van der Waals surface area contributed by atoms with Crippen molar-refractivity contribution in [3.05, 3.63) is 54.6 Å². The molecule has 0 saturated heterocycles. The number of aromatic hydroxyl groups is 2. The molecule has 0 aliphatic carbocycles. The summed E-state index contributed by atoms with van der Waals surface area (Å²) >= 11 is 3.95. The summed E-state index contributed by atoms with van der Waals surface area (Å²) < 4.78 is 0. The molecule has 2 aromatic rings. The van der Waals surface area contributed by atoms with Crippen LogP contribution in [0.25, 0.3) is 0 Å². The topological polar surface area (TPSA) is 40.5 Å². The van der Waals surface area contributed by atoms with Crippen LogP contribution in [0.3, 0.4) is 0 Å². The van der Waals surface area contributed by atoms with Crippen LogP contribution in [0.1, 0.15) is 27.7 Å². The Morgan fingerprint density at radius 1 is 0.684 bits per heavy atom. The van der Waals surface area contributed by atoms with Gasteiger partial charge in [-0.05, 0) is 24.3 Å². The van der Waals surface area contributed by atoms with Crippen molar-refractivity contribution in [1.29, 1.82) is 0 Å². The average molecular weight is 280 g/mol. The van der Waals surface area contributed by atoms with Gasteiger partial charge in [0.2, 0.25) is 0 Å². The zero-order valence-electron chi connectivity index (χ0n) is 12.0. The van der Waals surface area contributed by atoms with Crippen molar-refractivity contribution in [2.75, 3.05) is 0 Å². The minimum absolute atomic E-state index is 0.232. The lowest BCUT2D eigenvalue weighted by Gasteiger charge is -1.91. The molecule has 0 aliphatic heterocycles. The third kappa shape index (κ3) is 11.2. The molecule has 3 heteroatoms. The highest BCUT2D eigenvalue weighted by atomic mass is 32.1. The molecular formula is C16H24O2S. The number of phenolic OH excluding ortho intramolecular Hbond substituents is 2. The van der Waals surface area contributed by atoms with Gasteiger partial charge in [0.1, 0.15) is 11.5 Å². The lowest BCUT2D eigenvalue weighted by Crippen LogP contribution is -1.64. The molecule has 0 aliphatic rings. The minimum atomic E-state index is 0.232. The van der Waals surface area contributed by atoms with Crippen LogP contribution in [0.4, 0.5) is 0 Å². The Bertz CT molecular complexity index is 382. The highest BCUT2D eigenvalue weighted by Gasteiger charge is 1.88. The Kier molecular flexibility index (Phi) is 15.0. The maximum atomic E-state index is 8.84. The highest BCUT2D eigenvalue weighted by Crippen LogP contribution is 2.18. The second-order valence-electron chi connectivity index (χ2n) is 2.82. The summed E-state index contributed by atoms with van der Waals surface area (Å²) in [6.45, 7) is 8.00. The molecule has 2 nitrogen and oxygen atoms in total. The molecule has 0 unspecified atom stereocenters. The SMILES string of the molecule is CC.CC.Oc1ccccc1.Oc1ccccc1S. The summed E-state index contributed by atoms with van der Waals surface area (Å²) in [5, 5.41) is 17.5. The van der Waals surface area contributed by atoms with Crippen molar-refractivity contribution < 1.29 is 10.2 Å². The van der Waals surface area contributed by atoms with E-state index in [1.165, 1.54) is 0 Å². The maximum absolute atomic E-state index is 8.84. The third-order valence-corrected chi connectivity index (χ3v) is 2.02. The van der Waals surface area contributed by atoms with Crippen LogP contribution in [0.2, 0.25) is 0 Å². The Balaban J connectivity index is 0. The summed E-state index contributed by atoms with van der Waals surface area (Å²) in [5.74, 6) is 0.554. The molecule has 2 N–H and O–H groups in total. The summed E-state index contributed by atoms with van der Waals surface area (Å²) in [4.78, 5) is 0.618. The van der Waals surface area contributed by atoms with Gasteiger partial charge in [-0.25, -0.2) is 0 Å². The number of rotatable bonds is 0. The molecule has 2 aromatic carbocycles. The van der Waals surface area contributed by atoms with E-state index < -0.39 is 0 Å². The van der Waals surface area contributed by atoms with Gasteiger partial charge in [0.15, 0.2) is 0 Å². The first-order valence-electron chi connectivity index (χ1n) is 6.41. The van der Waals surface area contributed by atoms with E-state index in [0.717, 1.165) is 0 Å². The van der Waals surface area contributed by atoms with E-state index >= 15 is 0 Å². The van der Waals surface area contributed by atoms with E-state index in [1.807, 2.05) is 39.8 Å². The largest absolute Gasteiger partial charge is 0.508 e. The second kappa shape index (κ2) is 14.5. The van der Waals surface area contributed by atoms with Crippen molar-refractivity contribution in [3.8, 4) is 11.5 Å². The van der Waals surface area contributed by atoms with Crippen molar-refractivity contribution in [1.82, 2.24) is 0 Å². The van der Waals surface area contributed by atoms with Gasteiger partial charge in [0.25, 0.3) is 0 Å². The summed E-state index contributed by atoms with van der Waals surface area (Å²) in [6.07, 6.45) is 0. The first-order valence-corrected chi connectivity index (χ1v) is 6.86. The normalized spacial score (nSPS) is 7.63. The van der Waals surface area contributed by atoms with Crippen LogP contribution in [0.5, 0.6) is 11.5 Å². The molecule has 19 heavy (non-hydrogen) atoms. The van der Waals surface area contributed by atoms with Gasteiger partial charge in [-0.1, -0.05) is 58.0 Å². The molecule has 0 heterocycles. The third-order valence-electron chi connectivity index (χ3n) is 1.64. The molecule has 2 rings (SSSR count). The van der Waals surface area contributed by atoms with Crippen LogP contribution in [-0.4, -0.2) is 10.2 Å². The summed E-state index contributed by atoms with van der Waals surface area (Å²) in [7, 11) is 0. The molecule has 0 saturated carbocycles. The first kappa shape index (κ1) is 19.7. The van der Waals surface area contributed by atoms with Crippen molar-refractivity contribution in [2.24, 2.45) is 0 Å². The molecule has 0 aromatic heterocycles. The maximum Gasteiger partial charge on any atom is 0.128 e. The van der Waals surface area contributed by atoms with Crippen LogP contribution in [0.15, 0.2) is 59.5 Å². The fourth-order valence-electron chi connectivity index (χ4n) is 0.892. The van der Waals surface area contributed by atoms with Gasteiger partial charge in [0, 0.05) is 4.90 Å². The smallest absolute Gasteiger partial charge is 0.128 e. The molecule has 106 valence electrons. The van der Waals surface area contributed by atoms with Crippen molar-refractivity contribution in [2.45, 2.75) is 32.6 Å².